The molecule has 0 heterocycles. The Morgan fingerprint density at radius 1 is 1.23 bits per heavy atom. The van der Waals surface area contributed by atoms with Crippen molar-refractivity contribution in [1.82, 2.24) is 0 Å². The van der Waals surface area contributed by atoms with Crippen LogP contribution >= 0.6 is 0 Å². The van der Waals surface area contributed by atoms with E-state index in [1.165, 1.54) is 6.92 Å². The molecule has 0 aliphatic heterocycles. The van der Waals surface area contributed by atoms with E-state index < -0.39 is 32.7 Å². The highest BCUT2D eigenvalue weighted by atomic mass is 32.2. The van der Waals surface area contributed by atoms with Crippen molar-refractivity contribution in [3.8, 4) is 5.75 Å². The highest BCUT2D eigenvalue weighted by molar-refractivity contribution is 7.93. The molecule has 122 valence electrons. The van der Waals surface area contributed by atoms with Crippen molar-refractivity contribution in [3.63, 3.8) is 0 Å². The predicted molar refractivity (Wildman–Crippen MR) is 83.3 cm³/mol. The van der Waals surface area contributed by atoms with Gasteiger partial charge in [0, 0.05) is 5.69 Å². The molecule has 1 rings (SSSR count). The minimum absolute atomic E-state index is 0.0357. The molecule has 22 heavy (non-hydrogen) atoms. The van der Waals surface area contributed by atoms with E-state index in [1.54, 1.807) is 24.3 Å². The number of anilines is 1. The predicted octanol–water partition coefficient (Wildman–Crippen LogP) is 0.703. The Hall–Kier alpha value is -2.09. The van der Waals surface area contributed by atoms with Gasteiger partial charge in [-0.15, -0.1) is 0 Å². The van der Waals surface area contributed by atoms with E-state index in [0.717, 1.165) is 0 Å². The highest BCUT2D eigenvalue weighted by Crippen LogP contribution is 2.16. The number of sulfone groups is 1. The summed E-state index contributed by atoms with van der Waals surface area (Å²) in [4.78, 5) is 22.9. The van der Waals surface area contributed by atoms with Gasteiger partial charge in [0.2, 0.25) is 11.8 Å². The molecule has 8 heteroatoms. The molecule has 0 spiro atoms. The average Bonchev–Trinajstić information content (AvgIpc) is 2.40. The van der Waals surface area contributed by atoms with E-state index in [0.29, 0.717) is 18.0 Å². The van der Waals surface area contributed by atoms with Crippen molar-refractivity contribution in [2.75, 3.05) is 17.7 Å². The fraction of sp³-hybridized carbons (Fsp3) is 0.429. The van der Waals surface area contributed by atoms with Gasteiger partial charge in [-0.05, 0) is 37.6 Å². The van der Waals surface area contributed by atoms with E-state index in [9.17, 15) is 18.0 Å². The normalized spacial score (nSPS) is 12.5. The summed E-state index contributed by atoms with van der Waals surface area (Å²) in [7, 11) is -3.92. The number of carbonyl (C=O) groups excluding carboxylic acids is 2. The molecule has 0 saturated heterocycles. The third kappa shape index (κ3) is 5.03. The summed E-state index contributed by atoms with van der Waals surface area (Å²) in [5, 5.41) is 1.11. The summed E-state index contributed by atoms with van der Waals surface area (Å²) in [6.07, 6.45) is 0.0357. The van der Waals surface area contributed by atoms with Crippen LogP contribution in [0.2, 0.25) is 0 Å². The quantitative estimate of drug-likeness (QED) is 0.729. The standard InChI is InChI=1S/C14H20N2O5S/c1-3-12(14(15)18)22(19,20)9-13(17)16-10-5-7-11(8-6-10)21-4-2/h5-8,12H,3-4,9H2,1-2H3,(H2,15,18)(H,16,17). The Bertz CT molecular complexity index is 625. The van der Waals surface area contributed by atoms with Gasteiger partial charge in [-0.25, -0.2) is 8.42 Å². The summed E-state index contributed by atoms with van der Waals surface area (Å²) < 4.78 is 29.2. The lowest BCUT2D eigenvalue weighted by molar-refractivity contribution is -0.117. The molecule has 0 aromatic heterocycles. The number of hydrogen-bond acceptors (Lipinski definition) is 5. The van der Waals surface area contributed by atoms with Crippen LogP contribution in [0, 0.1) is 0 Å². The zero-order chi connectivity index (χ0) is 16.8. The van der Waals surface area contributed by atoms with Crippen LogP contribution in [0.4, 0.5) is 5.69 Å². The minimum Gasteiger partial charge on any atom is -0.494 e. The van der Waals surface area contributed by atoms with Crippen LogP contribution in [0.25, 0.3) is 0 Å². The highest BCUT2D eigenvalue weighted by Gasteiger charge is 2.31. The van der Waals surface area contributed by atoms with Gasteiger partial charge in [-0.2, -0.15) is 0 Å². The Balaban J connectivity index is 2.71. The molecule has 1 atom stereocenters. The first-order valence-corrected chi connectivity index (χ1v) is 8.55. The van der Waals surface area contributed by atoms with Crippen LogP contribution in [-0.2, 0) is 19.4 Å². The second-order valence-corrected chi connectivity index (χ2v) is 6.80. The first-order valence-electron chi connectivity index (χ1n) is 6.83. The maximum absolute atomic E-state index is 12.0. The maximum Gasteiger partial charge on any atom is 0.239 e. The molecule has 0 aliphatic rings. The van der Waals surface area contributed by atoms with Crippen molar-refractivity contribution < 1.29 is 22.7 Å². The lowest BCUT2D eigenvalue weighted by atomic mass is 10.3. The molecule has 0 fully saturated rings. The second-order valence-electron chi connectivity index (χ2n) is 4.61. The monoisotopic (exact) mass is 328 g/mol. The Labute approximate surface area is 129 Å². The number of nitrogens with two attached hydrogens (primary N) is 1. The van der Waals surface area contributed by atoms with E-state index in [4.69, 9.17) is 10.5 Å². The molecule has 0 bridgehead atoms. The summed E-state index contributed by atoms with van der Waals surface area (Å²) in [5.41, 5.74) is 5.48. The Morgan fingerprint density at radius 2 is 1.82 bits per heavy atom. The first-order chi connectivity index (χ1) is 10.3. The van der Waals surface area contributed by atoms with Crippen molar-refractivity contribution >= 4 is 27.3 Å². The second kappa shape index (κ2) is 7.79. The number of rotatable bonds is 8. The summed E-state index contributed by atoms with van der Waals surface area (Å²) in [5.74, 6) is -1.81. The minimum atomic E-state index is -3.92. The van der Waals surface area contributed by atoms with Crippen LogP contribution in [0.5, 0.6) is 5.75 Å². The molecule has 1 aromatic rings. The lowest BCUT2D eigenvalue weighted by Gasteiger charge is -2.12. The molecule has 0 radical (unpaired) electrons. The summed E-state index contributed by atoms with van der Waals surface area (Å²) in [6, 6.07) is 6.51. The third-order valence-corrected chi connectivity index (χ3v) is 5.00. The van der Waals surface area contributed by atoms with Gasteiger partial charge in [0.25, 0.3) is 0 Å². The summed E-state index contributed by atoms with van der Waals surface area (Å²) in [6.45, 7) is 3.90. The Morgan fingerprint density at radius 3 is 2.27 bits per heavy atom. The number of hydrogen-bond donors (Lipinski definition) is 2. The number of benzene rings is 1. The van der Waals surface area contributed by atoms with Gasteiger partial charge in [-0.3, -0.25) is 9.59 Å². The number of amides is 2. The van der Waals surface area contributed by atoms with Crippen molar-refractivity contribution in [2.45, 2.75) is 25.5 Å². The molecule has 0 saturated carbocycles. The number of ether oxygens (including phenoxy) is 1. The lowest BCUT2D eigenvalue weighted by Crippen LogP contribution is -2.39. The Kier molecular flexibility index (Phi) is 6.36. The van der Waals surface area contributed by atoms with Gasteiger partial charge < -0.3 is 15.8 Å². The van der Waals surface area contributed by atoms with Crippen LogP contribution in [-0.4, -0.2) is 37.8 Å². The van der Waals surface area contributed by atoms with Gasteiger partial charge in [0.05, 0.1) is 6.61 Å². The van der Waals surface area contributed by atoms with Gasteiger partial charge in [0.1, 0.15) is 16.8 Å². The largest absolute Gasteiger partial charge is 0.494 e. The van der Waals surface area contributed by atoms with Crippen LogP contribution in [0.3, 0.4) is 0 Å². The molecule has 1 aromatic carbocycles. The van der Waals surface area contributed by atoms with Crippen molar-refractivity contribution in [3.05, 3.63) is 24.3 Å². The number of primary amides is 1. The molecule has 3 N–H and O–H groups in total. The molecule has 7 nitrogen and oxygen atoms in total. The zero-order valence-electron chi connectivity index (χ0n) is 12.5. The topological polar surface area (TPSA) is 116 Å². The SMILES string of the molecule is CCOc1ccc(NC(=O)CS(=O)(=O)C(CC)C(N)=O)cc1. The summed E-state index contributed by atoms with van der Waals surface area (Å²) >= 11 is 0. The van der Waals surface area contributed by atoms with E-state index in [2.05, 4.69) is 5.32 Å². The molecule has 1 unspecified atom stereocenters. The third-order valence-electron chi connectivity index (χ3n) is 2.90. The smallest absolute Gasteiger partial charge is 0.239 e. The number of carbonyl (C=O) groups is 2. The molecule has 2 amide bonds. The van der Waals surface area contributed by atoms with Crippen LogP contribution in [0.15, 0.2) is 24.3 Å². The van der Waals surface area contributed by atoms with Crippen LogP contribution < -0.4 is 15.8 Å². The van der Waals surface area contributed by atoms with Crippen molar-refractivity contribution in [1.29, 1.82) is 0 Å². The fourth-order valence-electron chi connectivity index (χ4n) is 1.91. The van der Waals surface area contributed by atoms with Gasteiger partial charge >= 0.3 is 0 Å². The van der Waals surface area contributed by atoms with E-state index in [1.807, 2.05) is 6.92 Å². The van der Waals surface area contributed by atoms with E-state index >= 15 is 0 Å². The van der Waals surface area contributed by atoms with Crippen LogP contribution in [0.1, 0.15) is 20.3 Å². The zero-order valence-corrected chi connectivity index (χ0v) is 13.4. The van der Waals surface area contributed by atoms with E-state index in [-0.39, 0.29) is 6.42 Å². The maximum atomic E-state index is 12.0. The fourth-order valence-corrected chi connectivity index (χ4v) is 3.41. The van der Waals surface area contributed by atoms with Gasteiger partial charge in [-0.1, -0.05) is 6.92 Å². The molecular weight excluding hydrogens is 308 g/mol. The molecule has 0 aliphatic carbocycles. The number of nitrogens with one attached hydrogen (secondary N) is 1. The molecular formula is C14H20N2O5S. The first kappa shape index (κ1) is 18.0. The van der Waals surface area contributed by atoms with Gasteiger partial charge in [0.15, 0.2) is 9.84 Å². The average molecular weight is 328 g/mol. The van der Waals surface area contributed by atoms with Crippen molar-refractivity contribution in [2.24, 2.45) is 5.73 Å².